The molecule has 0 aliphatic carbocycles. The largest absolute Gasteiger partial charge is 0.323 e. The molecule has 2 aromatic rings. The molecule has 6 nitrogen and oxygen atoms in total. The zero-order valence-electron chi connectivity index (χ0n) is 13.9. The molecular weight excluding hydrogens is 288 g/mol. The topological polar surface area (TPSA) is 51.6 Å². The molecule has 2 aliphatic rings. The molecule has 2 atom stereocenters. The van der Waals surface area contributed by atoms with Crippen LogP contribution in [-0.4, -0.2) is 63.9 Å². The number of nitrogens with zero attached hydrogens (tertiary/aromatic N) is 6. The SMILES string of the molecule is C[N+]1(C)CCC2(CCC[N+]2(c2cnccn2)c2cccnn2)C1. The summed E-state index contributed by atoms with van der Waals surface area (Å²) in [5.74, 6) is 2.01. The maximum absolute atomic E-state index is 4.71. The van der Waals surface area contributed by atoms with Gasteiger partial charge in [0.2, 0.25) is 0 Å². The van der Waals surface area contributed by atoms with E-state index in [4.69, 9.17) is 4.98 Å². The second kappa shape index (κ2) is 5.04. The Morgan fingerprint density at radius 3 is 2.61 bits per heavy atom. The summed E-state index contributed by atoms with van der Waals surface area (Å²) in [6.07, 6.45) is 10.8. The van der Waals surface area contributed by atoms with Gasteiger partial charge in [0.15, 0.2) is 5.54 Å². The lowest BCUT2D eigenvalue weighted by Crippen LogP contribution is -2.61. The maximum Gasteiger partial charge on any atom is 0.253 e. The first-order valence-corrected chi connectivity index (χ1v) is 8.33. The highest BCUT2D eigenvalue weighted by Gasteiger charge is 2.65. The first-order valence-electron chi connectivity index (χ1n) is 8.33. The number of likely N-dealkylation sites (N-methyl/N-ethyl adjacent to an activating group) is 1. The van der Waals surface area contributed by atoms with Crippen molar-refractivity contribution in [2.45, 2.75) is 24.8 Å². The van der Waals surface area contributed by atoms with Crippen molar-refractivity contribution in [2.24, 2.45) is 0 Å². The molecule has 0 amide bonds. The molecule has 0 radical (unpaired) electrons. The zero-order chi connectivity index (χ0) is 16.0. The Hall–Kier alpha value is -1.92. The average Bonchev–Trinajstić information content (AvgIpc) is 3.10. The Morgan fingerprint density at radius 2 is 1.96 bits per heavy atom. The van der Waals surface area contributed by atoms with Crippen LogP contribution < -0.4 is 4.48 Å². The molecule has 6 heteroatoms. The van der Waals surface area contributed by atoms with E-state index in [9.17, 15) is 0 Å². The summed E-state index contributed by atoms with van der Waals surface area (Å²) in [5, 5.41) is 8.70. The monoisotopic (exact) mass is 312 g/mol. The van der Waals surface area contributed by atoms with Crippen molar-refractivity contribution in [1.29, 1.82) is 0 Å². The molecule has 1 spiro atoms. The van der Waals surface area contributed by atoms with Gasteiger partial charge in [-0.05, 0) is 6.07 Å². The summed E-state index contributed by atoms with van der Waals surface area (Å²) < 4.78 is 1.76. The van der Waals surface area contributed by atoms with Crippen LogP contribution in [0.2, 0.25) is 0 Å². The minimum absolute atomic E-state index is 0.148. The van der Waals surface area contributed by atoms with Crippen LogP contribution in [0.5, 0.6) is 0 Å². The Morgan fingerprint density at radius 1 is 1.04 bits per heavy atom. The standard InChI is InChI=1S/C17H24N6/c1-22(2)12-7-17(14-22)6-4-11-23(17,15-5-3-8-20-21-15)16-13-18-9-10-19-16/h3,5,8-10,13H,4,6-7,11-12,14H2,1-2H3/q+2. The summed E-state index contributed by atoms with van der Waals surface area (Å²) in [7, 11) is 4.66. The van der Waals surface area contributed by atoms with E-state index >= 15 is 0 Å². The van der Waals surface area contributed by atoms with E-state index in [2.05, 4.69) is 35.3 Å². The van der Waals surface area contributed by atoms with Gasteiger partial charge in [-0.25, -0.2) is 9.47 Å². The van der Waals surface area contributed by atoms with E-state index < -0.39 is 0 Å². The Kier molecular flexibility index (Phi) is 3.21. The van der Waals surface area contributed by atoms with Crippen molar-refractivity contribution >= 4 is 11.6 Å². The van der Waals surface area contributed by atoms with Crippen LogP contribution in [0.15, 0.2) is 36.9 Å². The van der Waals surface area contributed by atoms with Crippen LogP contribution in [0.25, 0.3) is 0 Å². The smallest absolute Gasteiger partial charge is 0.253 e. The number of hydrogen-bond acceptors (Lipinski definition) is 4. The second-order valence-electron chi connectivity index (χ2n) is 7.57. The van der Waals surface area contributed by atoms with Crippen molar-refractivity contribution in [3.05, 3.63) is 36.9 Å². The fraction of sp³-hybridized carbons (Fsp3) is 0.529. The normalized spacial score (nSPS) is 32.4. The predicted molar refractivity (Wildman–Crippen MR) is 88.8 cm³/mol. The van der Waals surface area contributed by atoms with Gasteiger partial charge in [-0.3, -0.25) is 4.98 Å². The third kappa shape index (κ3) is 2.09. The molecule has 2 unspecified atom stereocenters. The minimum Gasteiger partial charge on any atom is -0.323 e. The van der Waals surface area contributed by atoms with Crippen molar-refractivity contribution in [2.75, 3.05) is 33.7 Å². The molecular formula is C17H24N6+2. The molecule has 2 aromatic heterocycles. The Bertz CT molecular complexity index is 647. The molecule has 0 saturated carbocycles. The molecule has 0 bridgehead atoms. The van der Waals surface area contributed by atoms with Crippen LogP contribution in [0.3, 0.4) is 0 Å². The van der Waals surface area contributed by atoms with E-state index in [0.29, 0.717) is 4.48 Å². The summed E-state index contributed by atoms with van der Waals surface area (Å²) in [6, 6.07) is 4.09. The minimum atomic E-state index is 0.148. The molecule has 4 heterocycles. The highest BCUT2D eigenvalue weighted by molar-refractivity contribution is 5.53. The van der Waals surface area contributed by atoms with Crippen LogP contribution in [-0.2, 0) is 0 Å². The van der Waals surface area contributed by atoms with Crippen molar-refractivity contribution in [3.8, 4) is 0 Å². The fourth-order valence-electron chi connectivity index (χ4n) is 4.87. The van der Waals surface area contributed by atoms with E-state index in [1.165, 1.54) is 25.8 Å². The van der Waals surface area contributed by atoms with Gasteiger partial charge in [-0.2, -0.15) is 5.10 Å². The second-order valence-corrected chi connectivity index (χ2v) is 7.57. The van der Waals surface area contributed by atoms with Crippen LogP contribution in [0.4, 0.5) is 11.6 Å². The number of rotatable bonds is 2. The average molecular weight is 312 g/mol. The van der Waals surface area contributed by atoms with Crippen molar-refractivity contribution in [3.63, 3.8) is 0 Å². The number of hydrogen-bond donors (Lipinski definition) is 0. The molecule has 4 rings (SSSR count). The van der Waals surface area contributed by atoms with Gasteiger partial charge < -0.3 is 4.48 Å². The Balaban J connectivity index is 1.93. The number of aromatic nitrogens is 4. The molecule has 2 aliphatic heterocycles. The third-order valence-electron chi connectivity index (χ3n) is 5.74. The van der Waals surface area contributed by atoms with Gasteiger partial charge in [0.25, 0.3) is 11.6 Å². The van der Waals surface area contributed by atoms with Crippen LogP contribution in [0.1, 0.15) is 19.3 Å². The summed E-state index contributed by atoms with van der Waals surface area (Å²) in [6.45, 7) is 3.36. The molecule has 120 valence electrons. The third-order valence-corrected chi connectivity index (χ3v) is 5.74. The number of likely N-dealkylation sites (tertiary alicyclic amines) is 1. The quantitative estimate of drug-likeness (QED) is 0.795. The first kappa shape index (κ1) is 14.7. The Labute approximate surface area is 137 Å². The maximum atomic E-state index is 4.71. The van der Waals surface area contributed by atoms with Crippen LogP contribution in [0, 0.1) is 0 Å². The van der Waals surface area contributed by atoms with E-state index in [0.717, 1.165) is 29.2 Å². The zero-order valence-corrected chi connectivity index (χ0v) is 13.9. The molecule has 0 aromatic carbocycles. The van der Waals surface area contributed by atoms with Gasteiger partial charge in [0.1, 0.15) is 12.7 Å². The fourth-order valence-corrected chi connectivity index (χ4v) is 4.87. The molecule has 23 heavy (non-hydrogen) atoms. The summed E-state index contributed by atoms with van der Waals surface area (Å²) in [5.41, 5.74) is 0.148. The molecule has 0 N–H and O–H groups in total. The first-order chi connectivity index (χ1) is 11.1. The van der Waals surface area contributed by atoms with Gasteiger partial charge in [0.05, 0.1) is 46.0 Å². The lowest BCUT2D eigenvalue weighted by Gasteiger charge is -2.42. The van der Waals surface area contributed by atoms with E-state index in [1.54, 1.807) is 18.6 Å². The summed E-state index contributed by atoms with van der Waals surface area (Å²) in [4.78, 5) is 9.07. The number of quaternary nitrogens is 2. The van der Waals surface area contributed by atoms with E-state index in [-0.39, 0.29) is 5.54 Å². The van der Waals surface area contributed by atoms with Gasteiger partial charge in [-0.1, -0.05) is 5.10 Å². The highest BCUT2D eigenvalue weighted by atomic mass is 15.5. The van der Waals surface area contributed by atoms with E-state index in [1.807, 2.05) is 12.3 Å². The predicted octanol–water partition coefficient (Wildman–Crippen LogP) is 1.92. The lowest BCUT2D eigenvalue weighted by molar-refractivity contribution is -0.879. The van der Waals surface area contributed by atoms with Crippen LogP contribution >= 0.6 is 0 Å². The highest BCUT2D eigenvalue weighted by Crippen LogP contribution is 2.51. The van der Waals surface area contributed by atoms with Gasteiger partial charge >= 0.3 is 0 Å². The lowest BCUT2D eigenvalue weighted by atomic mass is 9.92. The summed E-state index contributed by atoms with van der Waals surface area (Å²) >= 11 is 0. The van der Waals surface area contributed by atoms with Gasteiger partial charge in [0, 0.05) is 25.1 Å². The van der Waals surface area contributed by atoms with Crippen molar-refractivity contribution in [1.82, 2.24) is 24.6 Å². The molecule has 2 fully saturated rings. The van der Waals surface area contributed by atoms with Crippen molar-refractivity contribution < 1.29 is 4.48 Å². The molecule has 2 saturated heterocycles. The van der Waals surface area contributed by atoms with Gasteiger partial charge in [-0.15, -0.1) is 0 Å².